The van der Waals surface area contributed by atoms with Gasteiger partial charge >= 0.3 is 6.03 Å². The van der Waals surface area contributed by atoms with Gasteiger partial charge in [-0.3, -0.25) is 0 Å². The van der Waals surface area contributed by atoms with Crippen molar-refractivity contribution < 1.29 is 4.79 Å². The average Bonchev–Trinajstić information content (AvgIpc) is 2.48. The summed E-state index contributed by atoms with van der Waals surface area (Å²) in [5.41, 5.74) is 2.46. The molecular weight excluding hydrogens is 262 g/mol. The molecule has 1 aliphatic rings. The molecule has 1 aliphatic heterocycles. The number of nitrogens with one attached hydrogen (secondary N) is 1. The van der Waals surface area contributed by atoms with E-state index in [0.29, 0.717) is 12.6 Å². The molecule has 0 aromatic heterocycles. The molecule has 1 aromatic carbocycles. The third-order valence-corrected chi connectivity index (χ3v) is 4.21. The summed E-state index contributed by atoms with van der Waals surface area (Å²) < 4.78 is 0. The van der Waals surface area contributed by atoms with Gasteiger partial charge in [-0.15, -0.1) is 0 Å². The van der Waals surface area contributed by atoms with Gasteiger partial charge < -0.3 is 15.1 Å². The van der Waals surface area contributed by atoms with Crippen molar-refractivity contribution in [3.8, 4) is 0 Å². The third-order valence-electron chi connectivity index (χ3n) is 4.21. The van der Waals surface area contributed by atoms with Crippen molar-refractivity contribution in [2.75, 3.05) is 32.1 Å². The number of carbonyl (C=O) groups excluding carboxylic acids is 1. The fourth-order valence-electron chi connectivity index (χ4n) is 2.78. The number of amides is 2. The van der Waals surface area contributed by atoms with Crippen LogP contribution in [-0.2, 0) is 6.42 Å². The van der Waals surface area contributed by atoms with Crippen molar-refractivity contribution in [1.82, 2.24) is 10.2 Å². The zero-order valence-electron chi connectivity index (χ0n) is 13.4. The molecule has 4 nitrogen and oxygen atoms in total. The number of anilines is 1. The zero-order chi connectivity index (χ0) is 15.2. The lowest BCUT2D eigenvalue weighted by Crippen LogP contribution is -2.47. The predicted octanol–water partition coefficient (Wildman–Crippen LogP) is 2.88. The van der Waals surface area contributed by atoms with Crippen LogP contribution in [0.4, 0.5) is 10.5 Å². The lowest BCUT2D eigenvalue weighted by Gasteiger charge is -2.33. The molecular formula is C17H27N3O. The molecule has 1 unspecified atom stereocenters. The predicted molar refractivity (Wildman–Crippen MR) is 87.9 cm³/mol. The van der Waals surface area contributed by atoms with Gasteiger partial charge in [0.15, 0.2) is 0 Å². The minimum Gasteiger partial charge on any atom is -0.378 e. The maximum absolute atomic E-state index is 12.2. The van der Waals surface area contributed by atoms with Crippen LogP contribution in [0.5, 0.6) is 0 Å². The molecule has 4 heteroatoms. The highest BCUT2D eigenvalue weighted by Crippen LogP contribution is 2.16. The van der Waals surface area contributed by atoms with Gasteiger partial charge in [-0.1, -0.05) is 12.1 Å². The summed E-state index contributed by atoms with van der Waals surface area (Å²) in [6.07, 6.45) is 4.37. The van der Waals surface area contributed by atoms with E-state index in [0.717, 1.165) is 25.8 Å². The van der Waals surface area contributed by atoms with Gasteiger partial charge in [0.25, 0.3) is 0 Å². The molecule has 1 atom stereocenters. The first-order valence-corrected chi connectivity index (χ1v) is 7.88. The van der Waals surface area contributed by atoms with Gasteiger partial charge in [0.2, 0.25) is 0 Å². The van der Waals surface area contributed by atoms with Gasteiger partial charge in [-0.05, 0) is 50.3 Å². The van der Waals surface area contributed by atoms with Crippen LogP contribution in [0.2, 0.25) is 0 Å². The van der Waals surface area contributed by atoms with E-state index in [2.05, 4.69) is 41.4 Å². The van der Waals surface area contributed by atoms with E-state index in [1.165, 1.54) is 17.7 Å². The number of piperidine rings is 1. The Kier molecular flexibility index (Phi) is 5.48. The normalized spacial score (nSPS) is 18.4. The van der Waals surface area contributed by atoms with Gasteiger partial charge in [-0.2, -0.15) is 0 Å². The molecule has 1 fully saturated rings. The molecule has 2 rings (SSSR count). The topological polar surface area (TPSA) is 35.6 Å². The van der Waals surface area contributed by atoms with Gasteiger partial charge in [-0.25, -0.2) is 4.79 Å². The second kappa shape index (κ2) is 7.34. The summed E-state index contributed by atoms with van der Waals surface area (Å²) in [6, 6.07) is 8.95. The number of hydrogen-bond acceptors (Lipinski definition) is 2. The number of urea groups is 1. The second-order valence-corrected chi connectivity index (χ2v) is 6.08. The van der Waals surface area contributed by atoms with Crippen molar-refractivity contribution >= 4 is 11.7 Å². The average molecular weight is 289 g/mol. The first-order valence-electron chi connectivity index (χ1n) is 7.88. The summed E-state index contributed by atoms with van der Waals surface area (Å²) in [5, 5.41) is 3.05. The van der Waals surface area contributed by atoms with Crippen molar-refractivity contribution in [2.45, 2.75) is 38.6 Å². The number of rotatable bonds is 4. The summed E-state index contributed by atoms with van der Waals surface area (Å²) in [4.78, 5) is 16.2. The fraction of sp³-hybridized carbons (Fsp3) is 0.588. The van der Waals surface area contributed by atoms with Crippen molar-refractivity contribution in [1.29, 1.82) is 0 Å². The smallest absolute Gasteiger partial charge is 0.317 e. The SMILES string of the molecule is CC1CCCCN1C(=O)NCCc1ccc(N(C)C)cc1. The Balaban J connectivity index is 1.77. The third kappa shape index (κ3) is 4.38. The van der Waals surface area contributed by atoms with E-state index >= 15 is 0 Å². The quantitative estimate of drug-likeness (QED) is 0.925. The number of benzene rings is 1. The van der Waals surface area contributed by atoms with E-state index < -0.39 is 0 Å². The van der Waals surface area contributed by atoms with E-state index in [1.807, 2.05) is 19.0 Å². The maximum Gasteiger partial charge on any atom is 0.317 e. The number of nitrogens with zero attached hydrogens (tertiary/aromatic N) is 2. The lowest BCUT2D eigenvalue weighted by atomic mass is 10.0. The molecule has 0 saturated carbocycles. The summed E-state index contributed by atoms with van der Waals surface area (Å²) >= 11 is 0. The van der Waals surface area contributed by atoms with Gasteiger partial charge in [0, 0.05) is 38.9 Å². The highest BCUT2D eigenvalue weighted by atomic mass is 16.2. The molecule has 116 valence electrons. The van der Waals surface area contributed by atoms with Crippen molar-refractivity contribution in [3.63, 3.8) is 0 Å². The standard InChI is InChI=1S/C17H27N3O/c1-14-6-4-5-13-20(14)17(21)18-12-11-15-7-9-16(10-8-15)19(2)3/h7-10,14H,4-6,11-13H2,1-3H3,(H,18,21). The van der Waals surface area contributed by atoms with Crippen LogP contribution in [0.1, 0.15) is 31.7 Å². The van der Waals surface area contributed by atoms with Gasteiger partial charge in [0.1, 0.15) is 0 Å². The van der Waals surface area contributed by atoms with E-state index in [-0.39, 0.29) is 6.03 Å². The number of hydrogen-bond donors (Lipinski definition) is 1. The van der Waals surface area contributed by atoms with Gasteiger partial charge in [0.05, 0.1) is 0 Å². The van der Waals surface area contributed by atoms with E-state index in [1.54, 1.807) is 0 Å². The molecule has 1 aromatic rings. The minimum absolute atomic E-state index is 0.0899. The van der Waals surface area contributed by atoms with Crippen molar-refractivity contribution in [2.24, 2.45) is 0 Å². The molecule has 0 radical (unpaired) electrons. The molecule has 2 amide bonds. The van der Waals surface area contributed by atoms with Crippen LogP contribution in [0.3, 0.4) is 0 Å². The highest BCUT2D eigenvalue weighted by Gasteiger charge is 2.22. The molecule has 0 spiro atoms. The highest BCUT2D eigenvalue weighted by molar-refractivity contribution is 5.74. The molecule has 21 heavy (non-hydrogen) atoms. The van der Waals surface area contributed by atoms with Crippen LogP contribution in [0.25, 0.3) is 0 Å². The first-order chi connectivity index (χ1) is 10.1. The Morgan fingerprint density at radius 2 is 2.00 bits per heavy atom. The number of carbonyl (C=O) groups is 1. The number of likely N-dealkylation sites (tertiary alicyclic amines) is 1. The zero-order valence-corrected chi connectivity index (χ0v) is 13.4. The summed E-state index contributed by atoms with van der Waals surface area (Å²) in [5.74, 6) is 0. The van der Waals surface area contributed by atoms with Crippen LogP contribution in [0, 0.1) is 0 Å². The molecule has 0 aliphatic carbocycles. The Hall–Kier alpha value is -1.71. The Labute approximate surface area is 128 Å². The molecule has 0 bridgehead atoms. The maximum atomic E-state index is 12.2. The molecule has 1 heterocycles. The van der Waals surface area contributed by atoms with Crippen molar-refractivity contribution in [3.05, 3.63) is 29.8 Å². The Morgan fingerprint density at radius 3 is 2.62 bits per heavy atom. The molecule has 1 saturated heterocycles. The Bertz CT molecular complexity index is 456. The first kappa shape index (κ1) is 15.7. The van der Waals surface area contributed by atoms with E-state index in [4.69, 9.17) is 0 Å². The van der Waals surface area contributed by atoms with Crippen LogP contribution in [0.15, 0.2) is 24.3 Å². The van der Waals surface area contributed by atoms with E-state index in [9.17, 15) is 4.79 Å². The largest absolute Gasteiger partial charge is 0.378 e. The second-order valence-electron chi connectivity index (χ2n) is 6.08. The monoisotopic (exact) mass is 289 g/mol. The van der Waals surface area contributed by atoms with Crippen LogP contribution < -0.4 is 10.2 Å². The fourth-order valence-corrected chi connectivity index (χ4v) is 2.78. The van der Waals surface area contributed by atoms with Crippen LogP contribution in [-0.4, -0.2) is 44.2 Å². The molecule has 1 N–H and O–H groups in total. The lowest BCUT2D eigenvalue weighted by molar-refractivity contribution is 0.158. The Morgan fingerprint density at radius 1 is 1.29 bits per heavy atom. The van der Waals surface area contributed by atoms with Crippen LogP contribution >= 0.6 is 0 Å². The minimum atomic E-state index is 0.0899. The summed E-state index contributed by atoms with van der Waals surface area (Å²) in [6.45, 7) is 3.73. The summed E-state index contributed by atoms with van der Waals surface area (Å²) in [7, 11) is 4.07.